The lowest BCUT2D eigenvalue weighted by Crippen LogP contribution is -2.40. The first-order valence-corrected chi connectivity index (χ1v) is 13.6. The molecule has 1 aromatic rings. The third-order valence-electron chi connectivity index (χ3n) is 5.34. The molecule has 0 aliphatic heterocycles. The molecule has 0 aliphatic rings. The standard InChI is InChI=1S/C21H39FOSSi/c1-19(2,3)24(22,20(4,5)6)18-14-12-17(13-15-18)16-23-25(10,11)21(7,8)9/h12-15H,16H2,1-11H3. The Bertz CT molecular complexity index is 560. The maximum absolute atomic E-state index is 16.3. The van der Waals surface area contributed by atoms with Crippen molar-refractivity contribution in [1.29, 1.82) is 0 Å². The van der Waals surface area contributed by atoms with E-state index in [0.29, 0.717) is 6.61 Å². The highest BCUT2D eigenvalue weighted by Crippen LogP contribution is 2.73. The van der Waals surface area contributed by atoms with Crippen molar-refractivity contribution < 1.29 is 8.31 Å². The lowest BCUT2D eigenvalue weighted by molar-refractivity contribution is 0.276. The maximum Gasteiger partial charge on any atom is 0.192 e. The molecule has 25 heavy (non-hydrogen) atoms. The van der Waals surface area contributed by atoms with E-state index < -0.39 is 28.2 Å². The van der Waals surface area contributed by atoms with Gasteiger partial charge in [-0.1, -0.05) is 43.3 Å². The Morgan fingerprint density at radius 2 is 1.24 bits per heavy atom. The van der Waals surface area contributed by atoms with Gasteiger partial charge in [0, 0.05) is 14.4 Å². The van der Waals surface area contributed by atoms with Crippen LogP contribution in [-0.2, 0) is 11.0 Å². The third kappa shape index (κ3) is 4.70. The van der Waals surface area contributed by atoms with Gasteiger partial charge in [-0.15, -0.1) is 0 Å². The Morgan fingerprint density at radius 1 is 0.840 bits per heavy atom. The number of benzene rings is 1. The van der Waals surface area contributed by atoms with Crippen LogP contribution in [0.2, 0.25) is 18.1 Å². The van der Waals surface area contributed by atoms with Crippen LogP contribution in [0.1, 0.15) is 67.9 Å². The normalized spacial score (nSPS) is 15.4. The molecule has 0 N–H and O–H groups in total. The number of halogens is 1. The highest BCUT2D eigenvalue weighted by molar-refractivity contribution is 8.31. The topological polar surface area (TPSA) is 9.23 Å². The molecule has 0 radical (unpaired) electrons. The Balaban J connectivity index is 3.07. The van der Waals surface area contributed by atoms with E-state index in [-0.39, 0.29) is 5.04 Å². The lowest BCUT2D eigenvalue weighted by Gasteiger charge is -2.52. The molecule has 4 heteroatoms. The predicted molar refractivity (Wildman–Crippen MR) is 115 cm³/mol. The second kappa shape index (κ2) is 7.01. The highest BCUT2D eigenvalue weighted by atomic mass is 32.3. The first-order chi connectivity index (χ1) is 10.9. The molecule has 0 aliphatic carbocycles. The molecule has 0 saturated heterocycles. The Hall–Kier alpha value is -0.323. The molecule has 0 spiro atoms. The van der Waals surface area contributed by atoms with Gasteiger partial charge in [0.25, 0.3) is 0 Å². The van der Waals surface area contributed by atoms with E-state index in [4.69, 9.17) is 4.43 Å². The quantitative estimate of drug-likeness (QED) is 0.479. The SMILES string of the molecule is CC(C)(C)[Si](C)(C)OCc1ccc(S(F)(C(C)(C)C)C(C)(C)C)cc1. The largest absolute Gasteiger partial charge is 0.413 e. The smallest absolute Gasteiger partial charge is 0.192 e. The first kappa shape index (κ1) is 22.7. The Kier molecular flexibility index (Phi) is 6.37. The summed E-state index contributed by atoms with van der Waals surface area (Å²) in [6, 6.07) is 8.05. The summed E-state index contributed by atoms with van der Waals surface area (Å²) < 4.78 is 21.8. The van der Waals surface area contributed by atoms with Gasteiger partial charge in [0.1, 0.15) is 0 Å². The minimum atomic E-state index is -2.47. The van der Waals surface area contributed by atoms with Gasteiger partial charge >= 0.3 is 0 Å². The highest BCUT2D eigenvalue weighted by Gasteiger charge is 2.48. The van der Waals surface area contributed by atoms with Gasteiger partial charge < -0.3 is 4.43 Å². The second-order valence-corrected chi connectivity index (χ2v) is 19.3. The van der Waals surface area contributed by atoms with Crippen LogP contribution in [0.3, 0.4) is 0 Å². The maximum atomic E-state index is 16.3. The summed E-state index contributed by atoms with van der Waals surface area (Å²) >= 11 is 0. The van der Waals surface area contributed by atoms with Crippen molar-refractivity contribution in [2.24, 2.45) is 0 Å². The molecule has 1 rings (SSSR count). The molecule has 0 saturated carbocycles. The fourth-order valence-corrected chi connectivity index (χ4v) is 7.60. The molecular weight excluding hydrogens is 347 g/mol. The molecule has 0 fully saturated rings. The molecular formula is C21H39FOSSi. The van der Waals surface area contributed by atoms with E-state index >= 15 is 3.89 Å². The zero-order chi connectivity index (χ0) is 19.9. The monoisotopic (exact) mass is 386 g/mol. The predicted octanol–water partition coefficient (Wildman–Crippen LogP) is 7.85. The molecule has 0 heterocycles. The van der Waals surface area contributed by atoms with Gasteiger partial charge in [-0.3, -0.25) is 0 Å². The van der Waals surface area contributed by atoms with Crippen LogP contribution >= 0.6 is 10.4 Å². The van der Waals surface area contributed by atoms with Crippen molar-refractivity contribution in [2.45, 2.75) is 101 Å². The van der Waals surface area contributed by atoms with Crippen molar-refractivity contribution in [3.8, 4) is 0 Å². The van der Waals surface area contributed by atoms with Crippen molar-refractivity contribution in [3.05, 3.63) is 29.8 Å². The van der Waals surface area contributed by atoms with Crippen LogP contribution in [0.4, 0.5) is 3.89 Å². The Morgan fingerprint density at radius 3 is 1.56 bits per heavy atom. The van der Waals surface area contributed by atoms with Crippen molar-refractivity contribution in [1.82, 2.24) is 0 Å². The first-order valence-electron chi connectivity index (χ1n) is 9.18. The zero-order valence-corrected chi connectivity index (χ0v) is 20.0. The van der Waals surface area contributed by atoms with Crippen LogP contribution in [0.25, 0.3) is 0 Å². The Labute approximate surface area is 158 Å². The summed E-state index contributed by atoms with van der Waals surface area (Å²) in [4.78, 5) is 0.837. The van der Waals surface area contributed by atoms with E-state index in [2.05, 4.69) is 33.9 Å². The molecule has 1 nitrogen and oxygen atoms in total. The fraction of sp³-hybridized carbons (Fsp3) is 0.714. The van der Waals surface area contributed by atoms with Crippen LogP contribution in [0, 0.1) is 0 Å². The summed E-state index contributed by atoms with van der Waals surface area (Å²) in [5, 5.41) is 0.198. The minimum absolute atomic E-state index is 0.198. The summed E-state index contributed by atoms with van der Waals surface area (Å²) in [5.41, 5.74) is 1.12. The van der Waals surface area contributed by atoms with E-state index in [1.807, 2.05) is 65.8 Å². The van der Waals surface area contributed by atoms with Gasteiger partial charge in [-0.25, -0.2) is 0 Å². The van der Waals surface area contributed by atoms with Crippen molar-refractivity contribution in [2.75, 3.05) is 0 Å². The molecule has 0 atom stereocenters. The average Bonchev–Trinajstić information content (AvgIpc) is 2.41. The van der Waals surface area contributed by atoms with Gasteiger partial charge in [-0.05, 0) is 77.4 Å². The average molecular weight is 387 g/mol. The molecule has 0 amide bonds. The minimum Gasteiger partial charge on any atom is -0.413 e. The summed E-state index contributed by atoms with van der Waals surface area (Å²) in [6.07, 6.45) is 0. The van der Waals surface area contributed by atoms with Crippen molar-refractivity contribution in [3.63, 3.8) is 0 Å². The summed E-state index contributed by atoms with van der Waals surface area (Å²) in [5.74, 6) is 0. The van der Waals surface area contributed by atoms with Crippen LogP contribution in [-0.4, -0.2) is 17.8 Å². The number of hydrogen-bond donors (Lipinski definition) is 0. The summed E-state index contributed by atoms with van der Waals surface area (Å²) in [7, 11) is -4.23. The van der Waals surface area contributed by atoms with Crippen LogP contribution in [0.5, 0.6) is 0 Å². The van der Waals surface area contributed by atoms with Crippen molar-refractivity contribution >= 4 is 18.7 Å². The van der Waals surface area contributed by atoms with Gasteiger partial charge in [0.15, 0.2) is 8.32 Å². The van der Waals surface area contributed by atoms with E-state index in [0.717, 1.165) is 10.5 Å². The van der Waals surface area contributed by atoms with Gasteiger partial charge in [0.05, 0.1) is 6.61 Å². The third-order valence-corrected chi connectivity index (χ3v) is 14.1. The number of rotatable bonds is 4. The van der Waals surface area contributed by atoms with Crippen LogP contribution in [0.15, 0.2) is 29.2 Å². The van der Waals surface area contributed by atoms with Crippen LogP contribution < -0.4 is 0 Å². The van der Waals surface area contributed by atoms with E-state index in [9.17, 15) is 0 Å². The molecule has 146 valence electrons. The van der Waals surface area contributed by atoms with E-state index in [1.165, 1.54) is 0 Å². The fourth-order valence-electron chi connectivity index (χ4n) is 2.88. The van der Waals surface area contributed by atoms with Gasteiger partial charge in [0.2, 0.25) is 0 Å². The number of hydrogen-bond acceptors (Lipinski definition) is 1. The second-order valence-electron chi connectivity index (χ2n) is 10.5. The van der Waals surface area contributed by atoms with Gasteiger partial charge in [-0.2, -0.15) is 3.89 Å². The zero-order valence-electron chi connectivity index (χ0n) is 18.2. The molecule has 0 aromatic heterocycles. The molecule has 0 unspecified atom stereocenters. The lowest BCUT2D eigenvalue weighted by atomic mass is 10.2. The molecule has 1 aromatic carbocycles. The van der Waals surface area contributed by atoms with E-state index in [1.54, 1.807) is 0 Å². The summed E-state index contributed by atoms with van der Waals surface area (Å²) in [6.45, 7) is 24.0. The molecule has 0 bridgehead atoms.